The molecule has 24 heavy (non-hydrogen) atoms. The van der Waals surface area contributed by atoms with Crippen molar-refractivity contribution >= 4 is 10.0 Å². The van der Waals surface area contributed by atoms with Crippen LogP contribution in [0.4, 0.5) is 0 Å². The minimum atomic E-state index is -3.39. The second-order valence-electron chi connectivity index (χ2n) is 6.05. The molecular weight excluding hydrogens is 328 g/mol. The molecule has 1 atom stereocenters. The maximum atomic E-state index is 12.5. The van der Waals surface area contributed by atoms with Crippen LogP contribution in [0, 0.1) is 0 Å². The number of nitrogens with one attached hydrogen (secondary N) is 1. The molecule has 0 bridgehead atoms. The molecule has 0 radical (unpaired) electrons. The third-order valence-electron chi connectivity index (χ3n) is 4.25. The van der Waals surface area contributed by atoms with Gasteiger partial charge < -0.3 is 9.84 Å². The molecule has 3 rings (SSSR count). The van der Waals surface area contributed by atoms with Crippen molar-refractivity contribution in [1.82, 2.24) is 19.8 Å². The first kappa shape index (κ1) is 17.1. The summed E-state index contributed by atoms with van der Waals surface area (Å²) in [6, 6.07) is 6.87. The Bertz CT molecular complexity index is 780. The van der Waals surface area contributed by atoms with E-state index >= 15 is 0 Å². The molecule has 1 N–H and O–H groups in total. The number of nitrogens with zero attached hydrogens (tertiary/aromatic N) is 3. The Balaban J connectivity index is 1.77. The lowest BCUT2D eigenvalue weighted by molar-refractivity contribution is 0.418. The van der Waals surface area contributed by atoms with Gasteiger partial charge in [-0.15, -0.1) is 0 Å². The van der Waals surface area contributed by atoms with E-state index in [9.17, 15) is 8.42 Å². The SMILES string of the molecule is CNC(C)Cc1noc(-c2ccc(S(=O)(=O)N3CCCC3)cc2)n1. The van der Waals surface area contributed by atoms with Crippen molar-refractivity contribution in [2.24, 2.45) is 0 Å². The van der Waals surface area contributed by atoms with Crippen LogP contribution in [-0.4, -0.2) is 49.0 Å². The van der Waals surface area contributed by atoms with E-state index in [4.69, 9.17) is 4.52 Å². The molecule has 0 amide bonds. The Morgan fingerprint density at radius 1 is 1.25 bits per heavy atom. The van der Waals surface area contributed by atoms with E-state index in [1.165, 1.54) is 4.31 Å². The van der Waals surface area contributed by atoms with Gasteiger partial charge in [-0.1, -0.05) is 5.16 Å². The maximum Gasteiger partial charge on any atom is 0.257 e. The minimum absolute atomic E-state index is 0.253. The highest BCUT2D eigenvalue weighted by molar-refractivity contribution is 7.89. The summed E-state index contributed by atoms with van der Waals surface area (Å²) < 4.78 is 31.8. The summed E-state index contributed by atoms with van der Waals surface area (Å²) >= 11 is 0. The minimum Gasteiger partial charge on any atom is -0.334 e. The van der Waals surface area contributed by atoms with Crippen LogP contribution >= 0.6 is 0 Å². The van der Waals surface area contributed by atoms with E-state index in [-0.39, 0.29) is 6.04 Å². The second kappa shape index (κ2) is 7.00. The molecule has 7 nitrogen and oxygen atoms in total. The van der Waals surface area contributed by atoms with E-state index in [0.29, 0.717) is 41.7 Å². The summed E-state index contributed by atoms with van der Waals surface area (Å²) in [5.41, 5.74) is 0.714. The van der Waals surface area contributed by atoms with Gasteiger partial charge in [0.15, 0.2) is 5.82 Å². The topological polar surface area (TPSA) is 88.3 Å². The standard InChI is InChI=1S/C16H22N4O3S/c1-12(17-2)11-15-18-16(23-19-15)13-5-7-14(8-6-13)24(21,22)20-9-3-4-10-20/h5-8,12,17H,3-4,9-11H2,1-2H3. The van der Waals surface area contributed by atoms with Crippen molar-refractivity contribution < 1.29 is 12.9 Å². The molecule has 2 aromatic rings. The van der Waals surface area contributed by atoms with Crippen molar-refractivity contribution in [2.75, 3.05) is 20.1 Å². The van der Waals surface area contributed by atoms with Crippen LogP contribution < -0.4 is 5.32 Å². The molecule has 1 aliphatic heterocycles. The van der Waals surface area contributed by atoms with Crippen molar-refractivity contribution in [3.05, 3.63) is 30.1 Å². The number of aromatic nitrogens is 2. The number of likely N-dealkylation sites (N-methyl/N-ethyl adjacent to an activating group) is 1. The molecule has 1 fully saturated rings. The van der Waals surface area contributed by atoms with Crippen molar-refractivity contribution in [2.45, 2.75) is 37.1 Å². The van der Waals surface area contributed by atoms with Crippen molar-refractivity contribution in [3.8, 4) is 11.5 Å². The van der Waals surface area contributed by atoms with Crippen LogP contribution in [0.15, 0.2) is 33.7 Å². The van der Waals surface area contributed by atoms with Gasteiger partial charge in [0.1, 0.15) is 0 Å². The molecule has 0 spiro atoms. The summed E-state index contributed by atoms with van der Waals surface area (Å²) in [6.45, 7) is 3.23. The highest BCUT2D eigenvalue weighted by Gasteiger charge is 2.27. The molecule has 1 saturated heterocycles. The van der Waals surface area contributed by atoms with Crippen LogP contribution in [0.5, 0.6) is 0 Å². The first-order valence-electron chi connectivity index (χ1n) is 8.11. The first-order chi connectivity index (χ1) is 11.5. The van der Waals surface area contributed by atoms with Crippen LogP contribution in [0.3, 0.4) is 0 Å². The third kappa shape index (κ3) is 3.50. The van der Waals surface area contributed by atoms with Crippen LogP contribution in [0.25, 0.3) is 11.5 Å². The van der Waals surface area contributed by atoms with Crippen LogP contribution in [0.2, 0.25) is 0 Å². The maximum absolute atomic E-state index is 12.5. The van der Waals surface area contributed by atoms with Gasteiger partial charge in [0.2, 0.25) is 10.0 Å². The summed E-state index contributed by atoms with van der Waals surface area (Å²) in [7, 11) is -1.51. The monoisotopic (exact) mass is 350 g/mol. The fraction of sp³-hybridized carbons (Fsp3) is 0.500. The number of rotatable bonds is 6. The van der Waals surface area contributed by atoms with E-state index in [0.717, 1.165) is 12.8 Å². The van der Waals surface area contributed by atoms with Gasteiger partial charge in [-0.3, -0.25) is 0 Å². The third-order valence-corrected chi connectivity index (χ3v) is 6.17. The quantitative estimate of drug-likeness (QED) is 0.852. The Labute approximate surface area is 142 Å². The molecule has 1 aromatic carbocycles. The molecule has 8 heteroatoms. The Morgan fingerprint density at radius 3 is 2.54 bits per heavy atom. The van der Waals surface area contributed by atoms with Gasteiger partial charge in [0, 0.05) is 31.1 Å². The largest absolute Gasteiger partial charge is 0.334 e. The van der Waals surface area contributed by atoms with Crippen LogP contribution in [-0.2, 0) is 16.4 Å². The molecular formula is C16H22N4O3S. The summed E-state index contributed by atoms with van der Waals surface area (Å²) in [5, 5.41) is 7.08. The zero-order valence-electron chi connectivity index (χ0n) is 13.9. The smallest absolute Gasteiger partial charge is 0.257 e. The number of hydrogen-bond donors (Lipinski definition) is 1. The normalized spacial score (nSPS) is 17.2. The van der Waals surface area contributed by atoms with Crippen LogP contribution in [0.1, 0.15) is 25.6 Å². The van der Waals surface area contributed by atoms with E-state index < -0.39 is 10.0 Å². The average molecular weight is 350 g/mol. The van der Waals surface area contributed by atoms with E-state index in [2.05, 4.69) is 15.5 Å². The van der Waals surface area contributed by atoms with Gasteiger partial charge in [-0.05, 0) is 51.1 Å². The number of hydrogen-bond acceptors (Lipinski definition) is 6. The lowest BCUT2D eigenvalue weighted by Crippen LogP contribution is -2.27. The summed E-state index contributed by atoms with van der Waals surface area (Å²) in [5.74, 6) is 1.03. The predicted octanol–water partition coefficient (Wildman–Crippen LogP) is 1.67. The predicted molar refractivity (Wildman–Crippen MR) is 90.0 cm³/mol. The van der Waals surface area contributed by atoms with Crippen molar-refractivity contribution in [3.63, 3.8) is 0 Å². The molecule has 0 aliphatic carbocycles. The highest BCUT2D eigenvalue weighted by Crippen LogP contribution is 2.24. The summed E-state index contributed by atoms with van der Waals surface area (Å²) in [4.78, 5) is 4.66. The molecule has 0 saturated carbocycles. The molecule has 2 heterocycles. The van der Waals surface area contributed by atoms with Gasteiger partial charge in [-0.2, -0.15) is 9.29 Å². The Morgan fingerprint density at radius 2 is 1.92 bits per heavy atom. The molecule has 130 valence electrons. The van der Waals surface area contributed by atoms with Gasteiger partial charge in [-0.25, -0.2) is 8.42 Å². The number of benzene rings is 1. The van der Waals surface area contributed by atoms with Crippen molar-refractivity contribution in [1.29, 1.82) is 0 Å². The lowest BCUT2D eigenvalue weighted by atomic mass is 10.2. The first-order valence-corrected chi connectivity index (χ1v) is 9.55. The molecule has 1 aromatic heterocycles. The molecule has 1 aliphatic rings. The fourth-order valence-electron chi connectivity index (χ4n) is 2.68. The zero-order chi connectivity index (χ0) is 17.2. The van der Waals surface area contributed by atoms with Gasteiger partial charge in [0.25, 0.3) is 5.89 Å². The average Bonchev–Trinajstić information content (AvgIpc) is 3.27. The number of sulfonamides is 1. The highest BCUT2D eigenvalue weighted by atomic mass is 32.2. The fourth-order valence-corrected chi connectivity index (χ4v) is 4.19. The summed E-state index contributed by atoms with van der Waals surface area (Å²) in [6.07, 6.45) is 2.52. The van der Waals surface area contributed by atoms with E-state index in [1.807, 2.05) is 14.0 Å². The van der Waals surface area contributed by atoms with Gasteiger partial charge in [0.05, 0.1) is 4.90 Å². The Hall–Kier alpha value is -1.77. The molecule has 1 unspecified atom stereocenters. The zero-order valence-corrected chi connectivity index (χ0v) is 14.7. The lowest BCUT2D eigenvalue weighted by Gasteiger charge is -2.15. The Kier molecular flexibility index (Phi) is 4.98. The van der Waals surface area contributed by atoms with Gasteiger partial charge >= 0.3 is 0 Å². The van der Waals surface area contributed by atoms with E-state index in [1.54, 1.807) is 24.3 Å². The second-order valence-corrected chi connectivity index (χ2v) is 7.98.